The fourth-order valence-electron chi connectivity index (χ4n) is 2.50. The molecular weight excluding hydrogens is 244 g/mol. The molecule has 3 aliphatic rings. The van der Waals surface area contributed by atoms with Crippen LogP contribution in [0.5, 0.6) is 0 Å². The molecule has 0 amide bonds. The summed E-state index contributed by atoms with van der Waals surface area (Å²) in [6.45, 7) is 3.97. The molecule has 3 heterocycles. The van der Waals surface area contributed by atoms with Crippen molar-refractivity contribution >= 4 is 6.16 Å². The molecule has 18 heavy (non-hydrogen) atoms. The third kappa shape index (κ3) is 1.87. The van der Waals surface area contributed by atoms with E-state index in [-0.39, 0.29) is 6.10 Å². The largest absolute Gasteiger partial charge is 0.509 e. The average molecular weight is 260 g/mol. The number of ether oxygens (including phenoxy) is 6. The summed E-state index contributed by atoms with van der Waals surface area (Å²) in [6, 6.07) is 0. The van der Waals surface area contributed by atoms with E-state index in [1.54, 1.807) is 13.8 Å². The van der Waals surface area contributed by atoms with Crippen molar-refractivity contribution in [2.24, 2.45) is 0 Å². The molecule has 3 fully saturated rings. The number of carbonyl (C=O) groups is 1. The highest BCUT2D eigenvalue weighted by molar-refractivity contribution is 5.63. The zero-order chi connectivity index (χ0) is 12.9. The zero-order valence-corrected chi connectivity index (χ0v) is 10.5. The van der Waals surface area contributed by atoms with Gasteiger partial charge in [-0.3, -0.25) is 0 Å². The van der Waals surface area contributed by atoms with Crippen molar-refractivity contribution in [3.8, 4) is 0 Å². The molecule has 0 aliphatic carbocycles. The Morgan fingerprint density at radius 1 is 1.22 bits per heavy atom. The van der Waals surface area contributed by atoms with Gasteiger partial charge in [-0.2, -0.15) is 0 Å². The lowest BCUT2D eigenvalue weighted by Gasteiger charge is -2.47. The highest BCUT2D eigenvalue weighted by Gasteiger charge is 2.58. The number of hydrogen-bond donors (Lipinski definition) is 0. The van der Waals surface area contributed by atoms with Crippen molar-refractivity contribution in [2.75, 3.05) is 13.7 Å². The summed E-state index contributed by atoms with van der Waals surface area (Å²) in [5.74, 6) is -0.732. The third-order valence-electron chi connectivity index (χ3n) is 3.30. The van der Waals surface area contributed by atoms with E-state index in [1.165, 1.54) is 7.11 Å². The van der Waals surface area contributed by atoms with Gasteiger partial charge in [0.2, 0.25) is 0 Å². The predicted octanol–water partition coefficient (Wildman–Crippen LogP) is 0.413. The summed E-state index contributed by atoms with van der Waals surface area (Å²) in [5.41, 5.74) is 0. The van der Waals surface area contributed by atoms with E-state index in [2.05, 4.69) is 0 Å². The average Bonchev–Trinajstić information content (AvgIpc) is 2.69. The lowest BCUT2D eigenvalue weighted by atomic mass is 9.97. The van der Waals surface area contributed by atoms with Crippen molar-refractivity contribution in [2.45, 2.75) is 50.3 Å². The van der Waals surface area contributed by atoms with Crippen molar-refractivity contribution in [1.82, 2.24) is 0 Å². The van der Waals surface area contributed by atoms with Crippen molar-refractivity contribution in [3.05, 3.63) is 0 Å². The second-order valence-corrected chi connectivity index (χ2v) is 4.99. The molecule has 0 aromatic carbocycles. The normalized spacial score (nSPS) is 45.7. The van der Waals surface area contributed by atoms with E-state index in [9.17, 15) is 4.79 Å². The molecule has 0 radical (unpaired) electrons. The van der Waals surface area contributed by atoms with Crippen LogP contribution < -0.4 is 0 Å². The number of hydrogen-bond acceptors (Lipinski definition) is 7. The van der Waals surface area contributed by atoms with Gasteiger partial charge in [0.15, 0.2) is 24.3 Å². The molecule has 0 aromatic rings. The first-order chi connectivity index (χ1) is 8.50. The molecule has 3 rings (SSSR count). The Morgan fingerprint density at radius 3 is 2.67 bits per heavy atom. The third-order valence-corrected chi connectivity index (χ3v) is 3.30. The van der Waals surface area contributed by atoms with E-state index in [4.69, 9.17) is 28.4 Å². The van der Waals surface area contributed by atoms with Crippen molar-refractivity contribution in [3.63, 3.8) is 0 Å². The van der Waals surface area contributed by atoms with Crippen LogP contribution in [-0.2, 0) is 28.4 Å². The van der Waals surface area contributed by atoms with Crippen LogP contribution in [0.3, 0.4) is 0 Å². The standard InChI is InChI=1S/C11H16O7/c1-11(2)14-4-5-6(18-11)7-8(9(13-3)15-5)17-10(12)16-7/h5-9H,4H2,1-3H3/t5-,6-,7+,8-,9+/m1/s1. The highest BCUT2D eigenvalue weighted by Crippen LogP contribution is 2.37. The molecule has 0 N–H and O–H groups in total. The monoisotopic (exact) mass is 260 g/mol. The van der Waals surface area contributed by atoms with Crippen molar-refractivity contribution in [1.29, 1.82) is 0 Å². The number of rotatable bonds is 1. The van der Waals surface area contributed by atoms with Crippen LogP contribution in [0, 0.1) is 0 Å². The maximum Gasteiger partial charge on any atom is 0.509 e. The van der Waals surface area contributed by atoms with Gasteiger partial charge in [-0.15, -0.1) is 0 Å². The first kappa shape index (κ1) is 12.2. The fourth-order valence-corrected chi connectivity index (χ4v) is 2.50. The molecule has 5 atom stereocenters. The van der Waals surface area contributed by atoms with E-state index in [1.807, 2.05) is 0 Å². The Hall–Kier alpha value is -0.890. The Bertz CT molecular complexity index is 355. The molecular formula is C11H16O7. The Morgan fingerprint density at radius 2 is 1.94 bits per heavy atom. The maximum absolute atomic E-state index is 11.3. The molecule has 102 valence electrons. The summed E-state index contributed by atoms with van der Waals surface area (Å²) in [5, 5.41) is 0. The maximum atomic E-state index is 11.3. The molecule has 0 bridgehead atoms. The molecule has 7 heteroatoms. The van der Waals surface area contributed by atoms with Crippen LogP contribution in [0.4, 0.5) is 4.79 Å². The smallest absolute Gasteiger partial charge is 0.424 e. The molecule has 0 aromatic heterocycles. The topological polar surface area (TPSA) is 72.5 Å². The van der Waals surface area contributed by atoms with E-state index in [0.29, 0.717) is 6.61 Å². The van der Waals surface area contributed by atoms with E-state index >= 15 is 0 Å². The van der Waals surface area contributed by atoms with Crippen molar-refractivity contribution < 1.29 is 33.2 Å². The summed E-state index contributed by atoms with van der Waals surface area (Å²) in [7, 11) is 1.49. The van der Waals surface area contributed by atoms with Crippen LogP contribution >= 0.6 is 0 Å². The van der Waals surface area contributed by atoms with Gasteiger partial charge in [0.25, 0.3) is 0 Å². The van der Waals surface area contributed by atoms with Gasteiger partial charge in [0.05, 0.1) is 6.61 Å². The molecule has 0 unspecified atom stereocenters. The van der Waals surface area contributed by atoms with Crippen LogP contribution in [-0.4, -0.2) is 56.4 Å². The minimum Gasteiger partial charge on any atom is -0.424 e. The van der Waals surface area contributed by atoms with Gasteiger partial charge >= 0.3 is 6.16 Å². The molecule has 0 spiro atoms. The van der Waals surface area contributed by atoms with Crippen LogP contribution in [0.2, 0.25) is 0 Å². The van der Waals surface area contributed by atoms with E-state index in [0.717, 1.165) is 0 Å². The SMILES string of the molecule is CO[C@H]1O[C@@H]2COC(C)(C)O[C@H]2[C@@H]2OC(=O)O[C@@H]12. The Labute approximate surface area is 104 Å². The Balaban J connectivity index is 1.84. The highest BCUT2D eigenvalue weighted by atomic mass is 16.8. The fraction of sp³-hybridized carbons (Fsp3) is 0.909. The second kappa shape index (κ2) is 4.06. The zero-order valence-electron chi connectivity index (χ0n) is 10.5. The summed E-state index contributed by atoms with van der Waals surface area (Å²) in [6.07, 6.45) is -3.24. The molecule has 7 nitrogen and oxygen atoms in total. The van der Waals surface area contributed by atoms with Gasteiger partial charge in [0.1, 0.15) is 12.2 Å². The van der Waals surface area contributed by atoms with Gasteiger partial charge in [-0.1, -0.05) is 0 Å². The van der Waals surface area contributed by atoms with Crippen LogP contribution in [0.25, 0.3) is 0 Å². The minimum atomic E-state index is -0.732. The predicted molar refractivity (Wildman–Crippen MR) is 55.7 cm³/mol. The first-order valence-corrected chi connectivity index (χ1v) is 5.87. The lowest BCUT2D eigenvalue weighted by molar-refractivity contribution is -0.368. The Kier molecular flexibility index (Phi) is 2.74. The molecule has 0 saturated carbocycles. The van der Waals surface area contributed by atoms with Gasteiger partial charge in [-0.05, 0) is 13.8 Å². The number of fused-ring (bicyclic) bond motifs is 3. The first-order valence-electron chi connectivity index (χ1n) is 5.87. The van der Waals surface area contributed by atoms with Gasteiger partial charge in [-0.25, -0.2) is 4.79 Å². The van der Waals surface area contributed by atoms with E-state index < -0.39 is 36.5 Å². The number of methoxy groups -OCH3 is 1. The molecule has 3 aliphatic heterocycles. The minimum absolute atomic E-state index is 0.335. The summed E-state index contributed by atoms with van der Waals surface area (Å²) < 4.78 is 32.3. The summed E-state index contributed by atoms with van der Waals surface area (Å²) in [4.78, 5) is 11.3. The van der Waals surface area contributed by atoms with Crippen LogP contribution in [0.1, 0.15) is 13.8 Å². The summed E-state index contributed by atoms with van der Waals surface area (Å²) >= 11 is 0. The second-order valence-electron chi connectivity index (χ2n) is 4.99. The lowest BCUT2D eigenvalue weighted by Crippen LogP contribution is -2.63. The van der Waals surface area contributed by atoms with Crippen LogP contribution in [0.15, 0.2) is 0 Å². The number of carbonyl (C=O) groups excluding carboxylic acids is 1. The molecule has 3 saturated heterocycles. The van der Waals surface area contributed by atoms with Gasteiger partial charge < -0.3 is 28.4 Å². The van der Waals surface area contributed by atoms with Gasteiger partial charge in [0, 0.05) is 7.11 Å². The quantitative estimate of drug-likeness (QED) is 0.632.